The Balaban J connectivity index is 1.75. The zero-order valence-electron chi connectivity index (χ0n) is 14.8. The fourth-order valence-corrected chi connectivity index (χ4v) is 3.91. The second-order valence-electron chi connectivity index (χ2n) is 5.95. The number of amides is 1. The molecule has 6 heteroatoms. The van der Waals surface area contributed by atoms with Gasteiger partial charge in [0.05, 0.1) is 0 Å². The molecule has 1 aromatic carbocycles. The highest BCUT2D eigenvalue weighted by Gasteiger charge is 2.21. The van der Waals surface area contributed by atoms with Gasteiger partial charge in [0, 0.05) is 49.8 Å². The van der Waals surface area contributed by atoms with Crippen LogP contribution in [0.15, 0.2) is 29.3 Å². The number of rotatable bonds is 5. The fraction of sp³-hybridized carbons (Fsp3) is 0.556. The van der Waals surface area contributed by atoms with Crippen LogP contribution >= 0.6 is 11.8 Å². The van der Waals surface area contributed by atoms with Crippen molar-refractivity contribution in [1.82, 2.24) is 15.5 Å². The quantitative estimate of drug-likeness (QED) is 0.486. The number of hydrogen-bond donors (Lipinski definition) is 2. The van der Waals surface area contributed by atoms with Gasteiger partial charge in [0.2, 0.25) is 0 Å². The SMILES string of the molecule is CCC1CN(C(=NC)NCCNC(=O)c2cccc(C)c2)CCS1. The van der Waals surface area contributed by atoms with Gasteiger partial charge in [-0.1, -0.05) is 24.6 Å². The van der Waals surface area contributed by atoms with Crippen LogP contribution in [0.5, 0.6) is 0 Å². The third-order valence-corrected chi connectivity index (χ3v) is 5.45. The van der Waals surface area contributed by atoms with Gasteiger partial charge in [-0.2, -0.15) is 11.8 Å². The molecule has 0 aliphatic carbocycles. The first-order chi connectivity index (χ1) is 11.6. The van der Waals surface area contributed by atoms with E-state index in [0.717, 1.165) is 30.4 Å². The summed E-state index contributed by atoms with van der Waals surface area (Å²) in [6.45, 7) is 7.53. The molecule has 1 amide bonds. The molecule has 0 saturated carbocycles. The highest BCUT2D eigenvalue weighted by atomic mass is 32.2. The molecule has 1 atom stereocenters. The highest BCUT2D eigenvalue weighted by Crippen LogP contribution is 2.20. The Morgan fingerprint density at radius 1 is 1.38 bits per heavy atom. The standard InChI is InChI=1S/C18H28N4OS/c1-4-16-13-22(10-11-24-16)18(19-3)21-9-8-20-17(23)15-7-5-6-14(2)12-15/h5-7,12,16H,4,8-11,13H2,1-3H3,(H,19,21)(H,20,23). The van der Waals surface area contributed by atoms with Crippen molar-refractivity contribution in [3.05, 3.63) is 35.4 Å². The van der Waals surface area contributed by atoms with Crippen LogP contribution in [0.1, 0.15) is 29.3 Å². The number of thioether (sulfide) groups is 1. The minimum atomic E-state index is -0.0316. The Morgan fingerprint density at radius 3 is 2.88 bits per heavy atom. The molecule has 24 heavy (non-hydrogen) atoms. The summed E-state index contributed by atoms with van der Waals surface area (Å²) in [7, 11) is 1.82. The van der Waals surface area contributed by atoms with E-state index in [2.05, 4.69) is 27.4 Å². The van der Waals surface area contributed by atoms with Crippen LogP contribution in [0.3, 0.4) is 0 Å². The summed E-state index contributed by atoms with van der Waals surface area (Å²) in [6, 6.07) is 7.63. The van der Waals surface area contributed by atoms with Gasteiger partial charge >= 0.3 is 0 Å². The first-order valence-corrected chi connectivity index (χ1v) is 9.61. The maximum absolute atomic E-state index is 12.1. The summed E-state index contributed by atoms with van der Waals surface area (Å²) in [5.74, 6) is 2.04. The molecule has 1 saturated heterocycles. The smallest absolute Gasteiger partial charge is 0.251 e. The van der Waals surface area contributed by atoms with E-state index in [0.29, 0.717) is 23.9 Å². The number of benzene rings is 1. The lowest BCUT2D eigenvalue weighted by Gasteiger charge is -2.34. The average molecular weight is 349 g/mol. The summed E-state index contributed by atoms with van der Waals surface area (Å²) in [5.41, 5.74) is 1.80. The summed E-state index contributed by atoms with van der Waals surface area (Å²) in [4.78, 5) is 18.8. The van der Waals surface area contributed by atoms with Gasteiger partial charge in [-0.05, 0) is 25.5 Å². The summed E-state index contributed by atoms with van der Waals surface area (Å²) >= 11 is 2.04. The number of guanidine groups is 1. The van der Waals surface area contributed by atoms with Crippen LogP contribution < -0.4 is 10.6 Å². The van der Waals surface area contributed by atoms with E-state index in [-0.39, 0.29) is 5.91 Å². The van der Waals surface area contributed by atoms with Crippen molar-refractivity contribution in [1.29, 1.82) is 0 Å². The molecule has 0 radical (unpaired) electrons. The molecule has 1 aromatic rings. The lowest BCUT2D eigenvalue weighted by molar-refractivity contribution is 0.0954. The normalized spacial score (nSPS) is 18.4. The Morgan fingerprint density at radius 2 is 2.17 bits per heavy atom. The van der Waals surface area contributed by atoms with Gasteiger partial charge in [0.1, 0.15) is 0 Å². The van der Waals surface area contributed by atoms with Crippen molar-refractivity contribution in [2.75, 3.05) is 39.0 Å². The lowest BCUT2D eigenvalue weighted by atomic mass is 10.1. The molecular formula is C18H28N4OS. The zero-order chi connectivity index (χ0) is 17.4. The van der Waals surface area contributed by atoms with Crippen LogP contribution in [-0.2, 0) is 0 Å². The second kappa shape index (κ2) is 9.57. The number of carbonyl (C=O) groups excluding carboxylic acids is 1. The van der Waals surface area contributed by atoms with Gasteiger partial charge < -0.3 is 15.5 Å². The summed E-state index contributed by atoms with van der Waals surface area (Å²) < 4.78 is 0. The van der Waals surface area contributed by atoms with Crippen molar-refractivity contribution in [3.8, 4) is 0 Å². The Bertz CT molecular complexity index is 576. The maximum atomic E-state index is 12.1. The van der Waals surface area contributed by atoms with Crippen LogP contribution in [0, 0.1) is 6.92 Å². The molecule has 1 fully saturated rings. The topological polar surface area (TPSA) is 56.7 Å². The number of aryl methyl sites for hydroxylation is 1. The molecule has 0 spiro atoms. The van der Waals surface area contributed by atoms with Crippen molar-refractivity contribution < 1.29 is 4.79 Å². The summed E-state index contributed by atoms with van der Waals surface area (Å²) in [6.07, 6.45) is 1.19. The number of nitrogens with one attached hydrogen (secondary N) is 2. The minimum Gasteiger partial charge on any atom is -0.354 e. The monoisotopic (exact) mass is 348 g/mol. The van der Waals surface area contributed by atoms with Gasteiger partial charge in [-0.3, -0.25) is 9.79 Å². The third-order valence-electron chi connectivity index (χ3n) is 4.08. The van der Waals surface area contributed by atoms with E-state index in [1.165, 1.54) is 6.42 Å². The molecule has 2 rings (SSSR count). The summed E-state index contributed by atoms with van der Waals surface area (Å²) in [5, 5.41) is 6.98. The highest BCUT2D eigenvalue weighted by molar-refractivity contribution is 8.00. The van der Waals surface area contributed by atoms with Crippen LogP contribution in [0.25, 0.3) is 0 Å². The largest absolute Gasteiger partial charge is 0.354 e. The van der Waals surface area contributed by atoms with Crippen LogP contribution in [-0.4, -0.2) is 61.0 Å². The molecule has 1 aliphatic heterocycles. The van der Waals surface area contributed by atoms with E-state index < -0.39 is 0 Å². The molecule has 132 valence electrons. The molecule has 1 unspecified atom stereocenters. The van der Waals surface area contributed by atoms with E-state index in [1.807, 2.05) is 50.0 Å². The van der Waals surface area contributed by atoms with Crippen LogP contribution in [0.2, 0.25) is 0 Å². The van der Waals surface area contributed by atoms with Gasteiger partial charge in [-0.15, -0.1) is 0 Å². The minimum absolute atomic E-state index is 0.0316. The van der Waals surface area contributed by atoms with Crippen molar-refractivity contribution in [2.24, 2.45) is 4.99 Å². The Labute approximate surface area is 149 Å². The van der Waals surface area contributed by atoms with E-state index >= 15 is 0 Å². The molecule has 1 aliphatic rings. The number of aliphatic imine (C=N–C) groups is 1. The molecular weight excluding hydrogens is 320 g/mol. The van der Waals surface area contributed by atoms with Crippen LogP contribution in [0.4, 0.5) is 0 Å². The van der Waals surface area contributed by atoms with Gasteiger partial charge in [-0.25, -0.2) is 0 Å². The molecule has 0 aromatic heterocycles. The van der Waals surface area contributed by atoms with Crippen molar-refractivity contribution in [2.45, 2.75) is 25.5 Å². The molecule has 5 nitrogen and oxygen atoms in total. The average Bonchev–Trinajstić information content (AvgIpc) is 2.61. The predicted molar refractivity (Wildman–Crippen MR) is 103 cm³/mol. The van der Waals surface area contributed by atoms with E-state index in [4.69, 9.17) is 0 Å². The van der Waals surface area contributed by atoms with Crippen molar-refractivity contribution in [3.63, 3.8) is 0 Å². The maximum Gasteiger partial charge on any atom is 0.251 e. The Hall–Kier alpha value is -1.69. The first kappa shape index (κ1) is 18.6. The van der Waals surface area contributed by atoms with Crippen molar-refractivity contribution >= 4 is 23.6 Å². The second-order valence-corrected chi connectivity index (χ2v) is 7.35. The fourth-order valence-electron chi connectivity index (χ4n) is 2.73. The zero-order valence-corrected chi connectivity index (χ0v) is 15.7. The predicted octanol–water partition coefficient (Wildman–Crippen LogP) is 2.13. The molecule has 1 heterocycles. The van der Waals surface area contributed by atoms with E-state index in [9.17, 15) is 4.79 Å². The van der Waals surface area contributed by atoms with E-state index in [1.54, 1.807) is 0 Å². The van der Waals surface area contributed by atoms with Gasteiger partial charge in [0.15, 0.2) is 5.96 Å². The molecule has 2 N–H and O–H groups in total. The third kappa shape index (κ3) is 5.44. The molecule has 0 bridgehead atoms. The number of hydrogen-bond acceptors (Lipinski definition) is 3. The number of nitrogens with zero attached hydrogens (tertiary/aromatic N) is 2. The Kier molecular flexibility index (Phi) is 7.43. The number of carbonyl (C=O) groups is 1. The first-order valence-electron chi connectivity index (χ1n) is 8.56. The lowest BCUT2D eigenvalue weighted by Crippen LogP contribution is -2.49. The van der Waals surface area contributed by atoms with Gasteiger partial charge in [0.25, 0.3) is 5.91 Å².